The molecule has 0 unspecified atom stereocenters. The van der Waals surface area contributed by atoms with Crippen LogP contribution in [0.4, 0.5) is 0 Å². The van der Waals surface area contributed by atoms with E-state index in [1.165, 1.54) is 0 Å². The minimum absolute atomic E-state index is 0.113. The number of carbonyl (C=O) groups is 1. The average molecular weight is 238 g/mol. The van der Waals surface area contributed by atoms with Gasteiger partial charge in [0.15, 0.2) is 0 Å². The molecule has 94 valence electrons. The molecule has 1 aromatic rings. The van der Waals surface area contributed by atoms with Gasteiger partial charge in [0, 0.05) is 32.6 Å². The normalized spacial score (nSPS) is 16.5. The summed E-state index contributed by atoms with van der Waals surface area (Å²) in [7, 11) is 0. The molecule has 1 amide bonds. The van der Waals surface area contributed by atoms with Gasteiger partial charge in [0.25, 0.3) is 0 Å². The van der Waals surface area contributed by atoms with Crippen LogP contribution in [0.5, 0.6) is 0 Å². The lowest BCUT2D eigenvalue weighted by Crippen LogP contribution is -2.46. The molecule has 6 nitrogen and oxygen atoms in total. The predicted molar refractivity (Wildman–Crippen MR) is 61.6 cm³/mol. The van der Waals surface area contributed by atoms with Gasteiger partial charge in [-0.1, -0.05) is 13.8 Å². The van der Waals surface area contributed by atoms with Crippen molar-refractivity contribution in [2.75, 3.05) is 26.2 Å². The topological polar surface area (TPSA) is 71.3 Å². The first-order valence-corrected chi connectivity index (χ1v) is 5.99. The number of piperazine rings is 1. The van der Waals surface area contributed by atoms with E-state index in [-0.39, 0.29) is 11.8 Å². The molecule has 0 spiro atoms. The molecule has 6 heteroatoms. The maximum atomic E-state index is 12.0. The van der Waals surface area contributed by atoms with Crippen molar-refractivity contribution in [3.8, 4) is 0 Å². The third-order valence-corrected chi connectivity index (χ3v) is 2.64. The van der Waals surface area contributed by atoms with Crippen LogP contribution in [0.2, 0.25) is 0 Å². The molecule has 0 saturated carbocycles. The molecule has 0 aromatic carbocycles. The molecular formula is C11H18N4O2. The molecule has 0 radical (unpaired) electrons. The highest BCUT2D eigenvalue weighted by atomic mass is 16.4. The van der Waals surface area contributed by atoms with Crippen molar-refractivity contribution in [3.05, 3.63) is 11.8 Å². The van der Waals surface area contributed by atoms with Crippen molar-refractivity contribution in [1.82, 2.24) is 20.4 Å². The maximum Gasteiger partial charge on any atom is 0.311 e. The number of nitrogens with zero attached hydrogens (tertiary/aromatic N) is 3. The summed E-state index contributed by atoms with van der Waals surface area (Å²) >= 11 is 0. The fourth-order valence-electron chi connectivity index (χ4n) is 1.77. The third kappa shape index (κ3) is 3.03. The first-order valence-electron chi connectivity index (χ1n) is 5.99. The summed E-state index contributed by atoms with van der Waals surface area (Å²) in [5, 5.41) is 10.9. The second-order valence-corrected chi connectivity index (χ2v) is 4.64. The fourth-order valence-corrected chi connectivity index (χ4v) is 1.77. The number of hydrogen-bond acceptors (Lipinski definition) is 5. The van der Waals surface area contributed by atoms with Gasteiger partial charge in [0.2, 0.25) is 5.89 Å². The SMILES string of the molecule is CC(C)Cc1nnc(C(=O)N2CCNCC2)o1. The van der Waals surface area contributed by atoms with E-state index >= 15 is 0 Å². The Kier molecular flexibility index (Phi) is 3.73. The van der Waals surface area contributed by atoms with Crippen molar-refractivity contribution >= 4 is 5.91 Å². The summed E-state index contributed by atoms with van der Waals surface area (Å²) in [5.74, 6) is 0.938. The summed E-state index contributed by atoms with van der Waals surface area (Å²) in [4.78, 5) is 13.7. The van der Waals surface area contributed by atoms with Crippen LogP contribution in [0.3, 0.4) is 0 Å². The van der Waals surface area contributed by atoms with Crippen molar-refractivity contribution in [3.63, 3.8) is 0 Å². The average Bonchev–Trinajstić information content (AvgIpc) is 2.77. The molecule has 2 heterocycles. The van der Waals surface area contributed by atoms with Gasteiger partial charge in [-0.3, -0.25) is 4.79 Å². The molecule has 0 bridgehead atoms. The van der Waals surface area contributed by atoms with Gasteiger partial charge in [-0.15, -0.1) is 10.2 Å². The Labute approximate surface area is 100 Å². The fraction of sp³-hybridized carbons (Fsp3) is 0.727. The second kappa shape index (κ2) is 5.27. The van der Waals surface area contributed by atoms with Crippen LogP contribution in [-0.2, 0) is 6.42 Å². The van der Waals surface area contributed by atoms with E-state index in [1.807, 2.05) is 0 Å². The monoisotopic (exact) mass is 238 g/mol. The van der Waals surface area contributed by atoms with Gasteiger partial charge in [-0.2, -0.15) is 0 Å². The molecule has 0 aliphatic carbocycles. The zero-order chi connectivity index (χ0) is 12.3. The molecule has 1 aliphatic heterocycles. The predicted octanol–water partition coefficient (Wildman–Crippen LogP) is 0.313. The van der Waals surface area contributed by atoms with Crippen LogP contribution in [-0.4, -0.2) is 47.2 Å². The van der Waals surface area contributed by atoms with E-state index in [1.54, 1.807) is 4.90 Å². The van der Waals surface area contributed by atoms with Crippen LogP contribution in [0, 0.1) is 5.92 Å². The van der Waals surface area contributed by atoms with Crippen LogP contribution in [0.15, 0.2) is 4.42 Å². The lowest BCUT2D eigenvalue weighted by molar-refractivity contribution is 0.0693. The zero-order valence-electron chi connectivity index (χ0n) is 10.3. The quantitative estimate of drug-likeness (QED) is 0.820. The molecule has 1 fully saturated rings. The summed E-state index contributed by atoms with van der Waals surface area (Å²) in [6.45, 7) is 7.17. The molecule has 0 atom stereocenters. The smallest absolute Gasteiger partial charge is 0.311 e. The van der Waals surface area contributed by atoms with Crippen molar-refractivity contribution in [2.24, 2.45) is 5.92 Å². The van der Waals surface area contributed by atoms with Crippen LogP contribution in [0.25, 0.3) is 0 Å². The summed E-state index contributed by atoms with van der Waals surface area (Å²) in [6.07, 6.45) is 0.710. The summed E-state index contributed by atoms with van der Waals surface area (Å²) in [6, 6.07) is 0. The Balaban J connectivity index is 2.01. The van der Waals surface area contributed by atoms with Crippen LogP contribution >= 0.6 is 0 Å². The number of rotatable bonds is 3. The van der Waals surface area contributed by atoms with E-state index in [2.05, 4.69) is 29.4 Å². The van der Waals surface area contributed by atoms with E-state index < -0.39 is 0 Å². The number of carbonyl (C=O) groups excluding carboxylic acids is 1. The van der Waals surface area contributed by atoms with Crippen molar-refractivity contribution in [2.45, 2.75) is 20.3 Å². The first kappa shape index (κ1) is 12.0. The standard InChI is InChI=1S/C11H18N4O2/c1-8(2)7-9-13-14-10(17-9)11(16)15-5-3-12-4-6-15/h8,12H,3-7H2,1-2H3. The van der Waals surface area contributed by atoms with Crippen molar-refractivity contribution in [1.29, 1.82) is 0 Å². The lowest BCUT2D eigenvalue weighted by Gasteiger charge is -2.25. The molecule has 1 N–H and O–H groups in total. The number of hydrogen-bond donors (Lipinski definition) is 1. The Morgan fingerprint density at radius 1 is 1.41 bits per heavy atom. The third-order valence-electron chi connectivity index (χ3n) is 2.64. The number of amides is 1. The van der Waals surface area contributed by atoms with Gasteiger partial charge >= 0.3 is 11.8 Å². The van der Waals surface area contributed by atoms with Crippen LogP contribution < -0.4 is 5.32 Å². The summed E-state index contributed by atoms with van der Waals surface area (Å²) in [5.41, 5.74) is 0. The van der Waals surface area contributed by atoms with E-state index in [4.69, 9.17) is 4.42 Å². The maximum absolute atomic E-state index is 12.0. The molecule has 1 aliphatic rings. The summed E-state index contributed by atoms with van der Waals surface area (Å²) < 4.78 is 5.38. The van der Waals surface area contributed by atoms with Gasteiger partial charge in [0.05, 0.1) is 0 Å². The van der Waals surface area contributed by atoms with Crippen LogP contribution in [0.1, 0.15) is 30.4 Å². The van der Waals surface area contributed by atoms with E-state index in [0.717, 1.165) is 13.1 Å². The Hall–Kier alpha value is -1.43. The second-order valence-electron chi connectivity index (χ2n) is 4.64. The minimum atomic E-state index is -0.158. The molecule has 2 rings (SSSR count). The Morgan fingerprint density at radius 3 is 2.76 bits per heavy atom. The minimum Gasteiger partial charge on any atom is -0.417 e. The highest BCUT2D eigenvalue weighted by molar-refractivity contribution is 5.89. The van der Waals surface area contributed by atoms with Gasteiger partial charge in [-0.05, 0) is 5.92 Å². The lowest BCUT2D eigenvalue weighted by atomic mass is 10.1. The Morgan fingerprint density at radius 2 is 2.12 bits per heavy atom. The highest BCUT2D eigenvalue weighted by Gasteiger charge is 2.23. The zero-order valence-corrected chi connectivity index (χ0v) is 10.3. The molecule has 1 aromatic heterocycles. The number of nitrogens with one attached hydrogen (secondary N) is 1. The van der Waals surface area contributed by atoms with Crippen molar-refractivity contribution < 1.29 is 9.21 Å². The molecule has 17 heavy (non-hydrogen) atoms. The largest absolute Gasteiger partial charge is 0.417 e. The highest BCUT2D eigenvalue weighted by Crippen LogP contribution is 2.09. The van der Waals surface area contributed by atoms with Gasteiger partial charge in [-0.25, -0.2) is 0 Å². The molecule has 1 saturated heterocycles. The van der Waals surface area contributed by atoms with E-state index in [9.17, 15) is 4.79 Å². The number of aromatic nitrogens is 2. The van der Waals surface area contributed by atoms with Gasteiger partial charge in [0.1, 0.15) is 0 Å². The van der Waals surface area contributed by atoms with E-state index in [0.29, 0.717) is 31.3 Å². The Bertz CT molecular complexity index is 383. The van der Waals surface area contributed by atoms with Gasteiger partial charge < -0.3 is 14.6 Å². The first-order chi connectivity index (χ1) is 8.16. The molecular weight excluding hydrogens is 220 g/mol.